The van der Waals surface area contributed by atoms with Crippen molar-refractivity contribution in [3.05, 3.63) is 71.3 Å². The molecule has 0 bridgehead atoms. The zero-order valence-electron chi connectivity index (χ0n) is 14.1. The second-order valence-electron chi connectivity index (χ2n) is 6.04. The summed E-state index contributed by atoms with van der Waals surface area (Å²) < 4.78 is 0. The van der Waals surface area contributed by atoms with Gasteiger partial charge in [0.25, 0.3) is 0 Å². The van der Waals surface area contributed by atoms with Gasteiger partial charge in [-0.3, -0.25) is 4.90 Å². The normalized spacial score (nSPS) is 15.5. The first kappa shape index (κ1) is 17.5. The average molecular weight is 356 g/mol. The number of carbonyl (C=O) groups is 1. The molecule has 2 aromatic rings. The van der Waals surface area contributed by atoms with Crippen molar-refractivity contribution in [1.29, 1.82) is 0 Å². The van der Waals surface area contributed by atoms with E-state index in [1.807, 2.05) is 35.2 Å². The van der Waals surface area contributed by atoms with Gasteiger partial charge in [-0.15, -0.1) is 0 Å². The number of anilines is 1. The van der Waals surface area contributed by atoms with Gasteiger partial charge in [-0.25, -0.2) is 4.79 Å². The van der Waals surface area contributed by atoms with Gasteiger partial charge in [-0.1, -0.05) is 60.2 Å². The number of hydrogen-bond acceptors (Lipinski definition) is 2. The fourth-order valence-corrected chi connectivity index (χ4v) is 2.99. The minimum absolute atomic E-state index is 0.0678. The van der Waals surface area contributed by atoms with E-state index < -0.39 is 0 Å². The molecule has 2 aromatic carbocycles. The van der Waals surface area contributed by atoms with Gasteiger partial charge in [0.1, 0.15) is 0 Å². The van der Waals surface area contributed by atoms with Crippen molar-refractivity contribution in [3.8, 4) is 0 Å². The van der Waals surface area contributed by atoms with Gasteiger partial charge in [0.2, 0.25) is 0 Å². The summed E-state index contributed by atoms with van der Waals surface area (Å²) in [5.41, 5.74) is 1.94. The Morgan fingerprint density at radius 2 is 1.80 bits per heavy atom. The number of benzene rings is 2. The van der Waals surface area contributed by atoms with Crippen molar-refractivity contribution in [3.63, 3.8) is 0 Å². The Labute approximate surface area is 153 Å². The second-order valence-corrected chi connectivity index (χ2v) is 6.48. The van der Waals surface area contributed by atoms with Gasteiger partial charge in [0.15, 0.2) is 0 Å². The molecule has 1 aliphatic rings. The van der Waals surface area contributed by atoms with Crippen LogP contribution >= 0.6 is 11.6 Å². The van der Waals surface area contributed by atoms with E-state index in [1.54, 1.807) is 12.1 Å². The number of piperazine rings is 1. The smallest absolute Gasteiger partial charge is 0.321 e. The molecule has 1 N–H and O–H groups in total. The number of carbonyl (C=O) groups excluding carboxylic acids is 1. The SMILES string of the molecule is O=C(Nc1cccc(Cl)c1)N1CCN(C/C=C/c2ccccc2)CC1. The summed E-state index contributed by atoms with van der Waals surface area (Å²) in [6, 6.07) is 17.4. The molecule has 0 radical (unpaired) electrons. The number of rotatable bonds is 4. The maximum absolute atomic E-state index is 12.3. The van der Waals surface area contributed by atoms with Crippen molar-refractivity contribution in [2.24, 2.45) is 0 Å². The Hall–Kier alpha value is -2.30. The summed E-state index contributed by atoms with van der Waals surface area (Å²) in [4.78, 5) is 16.5. The van der Waals surface area contributed by atoms with Crippen molar-refractivity contribution < 1.29 is 4.79 Å². The van der Waals surface area contributed by atoms with Gasteiger partial charge >= 0.3 is 6.03 Å². The van der Waals surface area contributed by atoms with Crippen molar-refractivity contribution in [2.45, 2.75) is 0 Å². The summed E-state index contributed by atoms with van der Waals surface area (Å²) in [5, 5.41) is 3.52. The highest BCUT2D eigenvalue weighted by Gasteiger charge is 2.20. The fourth-order valence-electron chi connectivity index (χ4n) is 2.80. The van der Waals surface area contributed by atoms with Gasteiger partial charge in [0, 0.05) is 43.4 Å². The molecule has 25 heavy (non-hydrogen) atoms. The molecule has 0 unspecified atom stereocenters. The lowest BCUT2D eigenvalue weighted by Crippen LogP contribution is -2.49. The first-order chi connectivity index (χ1) is 12.2. The molecule has 1 saturated heterocycles. The van der Waals surface area contributed by atoms with Crippen LogP contribution in [0, 0.1) is 0 Å². The molecule has 1 fully saturated rings. The third-order valence-electron chi connectivity index (χ3n) is 4.21. The maximum atomic E-state index is 12.3. The number of nitrogens with zero attached hydrogens (tertiary/aromatic N) is 2. The van der Waals surface area contributed by atoms with Crippen LogP contribution in [0.4, 0.5) is 10.5 Å². The molecule has 0 saturated carbocycles. The summed E-state index contributed by atoms with van der Waals surface area (Å²) in [6.45, 7) is 4.11. The Morgan fingerprint density at radius 3 is 2.52 bits per heavy atom. The van der Waals surface area contributed by atoms with Crippen LogP contribution in [0.3, 0.4) is 0 Å². The van der Waals surface area contributed by atoms with Gasteiger partial charge < -0.3 is 10.2 Å². The highest BCUT2D eigenvalue weighted by molar-refractivity contribution is 6.30. The standard InChI is InChI=1S/C20H22ClN3O/c21-18-9-4-10-19(16-18)22-20(25)24-14-12-23(13-15-24)11-5-8-17-6-2-1-3-7-17/h1-10,16H,11-15H2,(H,22,25)/b8-5+. The monoisotopic (exact) mass is 355 g/mol. The maximum Gasteiger partial charge on any atom is 0.321 e. The molecule has 130 valence electrons. The highest BCUT2D eigenvalue weighted by atomic mass is 35.5. The van der Waals surface area contributed by atoms with Crippen molar-refractivity contribution in [1.82, 2.24) is 9.80 Å². The zero-order valence-corrected chi connectivity index (χ0v) is 14.8. The molecule has 0 aliphatic carbocycles. The molecule has 0 aromatic heterocycles. The Kier molecular flexibility index (Phi) is 6.09. The molecule has 0 atom stereocenters. The quantitative estimate of drug-likeness (QED) is 0.892. The van der Waals surface area contributed by atoms with Crippen LogP contribution in [-0.2, 0) is 0 Å². The summed E-state index contributed by atoms with van der Waals surface area (Å²) >= 11 is 5.95. The number of nitrogens with one attached hydrogen (secondary N) is 1. The predicted molar refractivity (Wildman–Crippen MR) is 104 cm³/mol. The van der Waals surface area contributed by atoms with Crippen LogP contribution in [0.1, 0.15) is 5.56 Å². The first-order valence-corrected chi connectivity index (χ1v) is 8.84. The summed E-state index contributed by atoms with van der Waals surface area (Å²) in [7, 11) is 0. The Balaban J connectivity index is 1.43. The molecule has 5 heteroatoms. The van der Waals surface area contributed by atoms with Crippen LogP contribution in [0.2, 0.25) is 5.02 Å². The van der Waals surface area contributed by atoms with E-state index in [9.17, 15) is 4.79 Å². The predicted octanol–water partition coefficient (Wildman–Crippen LogP) is 4.20. The molecule has 1 aliphatic heterocycles. The van der Waals surface area contributed by atoms with Gasteiger partial charge in [-0.2, -0.15) is 0 Å². The van der Waals surface area contributed by atoms with E-state index >= 15 is 0 Å². The number of halogens is 1. The number of urea groups is 1. The zero-order chi connectivity index (χ0) is 17.5. The molecule has 2 amide bonds. The molecule has 0 spiro atoms. The molecule has 4 nitrogen and oxygen atoms in total. The highest BCUT2D eigenvalue weighted by Crippen LogP contribution is 2.15. The number of hydrogen-bond donors (Lipinski definition) is 1. The third-order valence-corrected chi connectivity index (χ3v) is 4.44. The largest absolute Gasteiger partial charge is 0.322 e. The van der Waals surface area contributed by atoms with Gasteiger partial charge in [0.05, 0.1) is 0 Å². The van der Waals surface area contributed by atoms with E-state index in [2.05, 4.69) is 34.5 Å². The van der Waals surface area contributed by atoms with Crippen LogP contribution in [-0.4, -0.2) is 48.6 Å². The Bertz CT molecular complexity index is 725. The second kappa shape index (κ2) is 8.70. The minimum Gasteiger partial charge on any atom is -0.322 e. The van der Waals surface area contributed by atoms with Crippen LogP contribution in [0.25, 0.3) is 6.08 Å². The lowest BCUT2D eigenvalue weighted by Gasteiger charge is -2.34. The minimum atomic E-state index is -0.0678. The topological polar surface area (TPSA) is 35.6 Å². The van der Waals surface area contributed by atoms with E-state index in [0.717, 1.165) is 38.4 Å². The average Bonchev–Trinajstić information content (AvgIpc) is 2.63. The van der Waals surface area contributed by atoms with Crippen LogP contribution in [0.5, 0.6) is 0 Å². The van der Waals surface area contributed by atoms with Crippen LogP contribution in [0.15, 0.2) is 60.7 Å². The summed E-state index contributed by atoms with van der Waals surface area (Å²) in [5.74, 6) is 0. The fraction of sp³-hybridized carbons (Fsp3) is 0.250. The molecule has 1 heterocycles. The van der Waals surface area contributed by atoms with E-state index in [4.69, 9.17) is 11.6 Å². The van der Waals surface area contributed by atoms with Crippen molar-refractivity contribution in [2.75, 3.05) is 38.0 Å². The first-order valence-electron chi connectivity index (χ1n) is 8.46. The molecular weight excluding hydrogens is 334 g/mol. The lowest BCUT2D eigenvalue weighted by atomic mass is 10.2. The lowest BCUT2D eigenvalue weighted by molar-refractivity contribution is 0.156. The van der Waals surface area contributed by atoms with Crippen LogP contribution < -0.4 is 5.32 Å². The van der Waals surface area contributed by atoms with E-state index in [1.165, 1.54) is 5.56 Å². The third kappa shape index (κ3) is 5.34. The van der Waals surface area contributed by atoms with E-state index in [0.29, 0.717) is 5.02 Å². The molecule has 3 rings (SSSR count). The van der Waals surface area contributed by atoms with Gasteiger partial charge in [-0.05, 0) is 23.8 Å². The number of amides is 2. The van der Waals surface area contributed by atoms with Crippen molar-refractivity contribution >= 4 is 29.4 Å². The molecular formula is C20H22ClN3O. The van der Waals surface area contributed by atoms with E-state index in [-0.39, 0.29) is 6.03 Å². The Morgan fingerprint density at radius 1 is 1.04 bits per heavy atom. The summed E-state index contributed by atoms with van der Waals surface area (Å²) in [6.07, 6.45) is 4.31.